The lowest BCUT2D eigenvalue weighted by molar-refractivity contribution is 0.153. The van der Waals surface area contributed by atoms with Crippen molar-refractivity contribution in [2.75, 3.05) is 39.4 Å². The monoisotopic (exact) mass is 271 g/mol. The normalized spacial score (nSPS) is 30.5. The van der Waals surface area contributed by atoms with E-state index in [1.165, 1.54) is 0 Å². The summed E-state index contributed by atoms with van der Waals surface area (Å²) in [6.07, 6.45) is 2.10. The average Bonchev–Trinajstić information content (AvgIpc) is 3.03. The van der Waals surface area contributed by atoms with Crippen LogP contribution in [0.4, 0.5) is 4.79 Å². The summed E-state index contributed by atoms with van der Waals surface area (Å²) >= 11 is 0. The number of likely N-dealkylation sites (tertiary alicyclic amines) is 1. The fourth-order valence-electron chi connectivity index (χ4n) is 3.09. The van der Waals surface area contributed by atoms with E-state index in [1.54, 1.807) is 0 Å². The Balaban J connectivity index is 0.000000639. The highest BCUT2D eigenvalue weighted by atomic mass is 16.5. The molecule has 3 heterocycles. The number of fused-ring (bicyclic) bond motifs is 1. The van der Waals surface area contributed by atoms with Crippen molar-refractivity contribution in [3.8, 4) is 0 Å². The van der Waals surface area contributed by atoms with Crippen molar-refractivity contribution >= 4 is 6.03 Å². The molecule has 2 unspecified atom stereocenters. The first-order valence-corrected chi connectivity index (χ1v) is 7.67. The second-order valence-corrected chi connectivity index (χ2v) is 5.44. The number of carbonyl (C=O) groups excluding carboxylic acids is 1. The van der Waals surface area contributed by atoms with Gasteiger partial charge in [-0.05, 0) is 25.9 Å². The molecule has 2 N–H and O–H groups in total. The molecule has 3 aliphatic rings. The molecule has 3 saturated heterocycles. The predicted octanol–water partition coefficient (Wildman–Crippen LogP) is 1.30. The molecule has 5 heteroatoms. The summed E-state index contributed by atoms with van der Waals surface area (Å²) in [7, 11) is 0. The van der Waals surface area contributed by atoms with Gasteiger partial charge in [-0.1, -0.05) is 13.8 Å². The van der Waals surface area contributed by atoms with Gasteiger partial charge in [-0.25, -0.2) is 4.79 Å². The zero-order valence-electron chi connectivity index (χ0n) is 12.2. The molecule has 19 heavy (non-hydrogen) atoms. The van der Waals surface area contributed by atoms with Crippen LogP contribution in [0, 0.1) is 11.8 Å². The van der Waals surface area contributed by atoms with E-state index < -0.39 is 0 Å². The number of nitrogens with one attached hydrogen (secondary N) is 2. The Morgan fingerprint density at radius 2 is 1.79 bits per heavy atom. The maximum Gasteiger partial charge on any atom is 0.317 e. The number of nitrogens with zero attached hydrogens (tertiary/aromatic N) is 1. The van der Waals surface area contributed by atoms with E-state index in [2.05, 4.69) is 10.6 Å². The number of rotatable bonds is 1. The molecule has 5 nitrogen and oxygen atoms in total. The third kappa shape index (κ3) is 3.60. The predicted molar refractivity (Wildman–Crippen MR) is 77.3 cm³/mol. The molecule has 0 aromatic carbocycles. The van der Waals surface area contributed by atoms with Gasteiger partial charge in [0.05, 0.1) is 13.2 Å². The quantitative estimate of drug-likeness (QED) is 0.756. The first-order chi connectivity index (χ1) is 9.33. The highest BCUT2D eigenvalue weighted by Crippen LogP contribution is 2.29. The van der Waals surface area contributed by atoms with Gasteiger partial charge < -0.3 is 20.3 Å². The number of hydrogen-bond acceptors (Lipinski definition) is 3. The Hall–Kier alpha value is -0.810. The third-order valence-corrected chi connectivity index (χ3v) is 4.19. The number of hydrogen-bond donors (Lipinski definition) is 2. The Morgan fingerprint density at radius 1 is 1.21 bits per heavy atom. The topological polar surface area (TPSA) is 53.6 Å². The first-order valence-electron chi connectivity index (χ1n) is 7.67. The van der Waals surface area contributed by atoms with E-state index in [0.717, 1.165) is 52.2 Å². The summed E-state index contributed by atoms with van der Waals surface area (Å²) < 4.78 is 5.42. The van der Waals surface area contributed by atoms with Crippen LogP contribution >= 0.6 is 0 Å². The minimum Gasteiger partial charge on any atom is -0.381 e. The van der Waals surface area contributed by atoms with E-state index in [0.29, 0.717) is 17.9 Å². The average molecular weight is 271 g/mol. The highest BCUT2D eigenvalue weighted by Gasteiger charge is 2.39. The zero-order chi connectivity index (χ0) is 13.7. The van der Waals surface area contributed by atoms with Crippen LogP contribution in [-0.4, -0.2) is 56.4 Å². The van der Waals surface area contributed by atoms with Crippen LogP contribution in [0.3, 0.4) is 0 Å². The highest BCUT2D eigenvalue weighted by molar-refractivity contribution is 5.75. The minimum absolute atomic E-state index is 0. The molecule has 0 spiro atoms. The minimum atomic E-state index is 0. The molecule has 0 aromatic rings. The summed E-state index contributed by atoms with van der Waals surface area (Å²) in [6, 6.07) is 0.492. The molecule has 0 bridgehead atoms. The van der Waals surface area contributed by atoms with E-state index in [-0.39, 0.29) is 7.46 Å². The molecule has 0 saturated carbocycles. The first kappa shape index (κ1) is 14.6. The van der Waals surface area contributed by atoms with E-state index in [4.69, 9.17) is 4.74 Å². The summed E-state index contributed by atoms with van der Waals surface area (Å²) in [5.74, 6) is 1.16. The molecule has 2 amide bonds. The van der Waals surface area contributed by atoms with Crippen LogP contribution in [0.5, 0.6) is 0 Å². The molecule has 3 rings (SSSR count). The standard InChI is InChI=1S/C12H21N3O2.C2H6.H2/c16-12(14-11-1-3-13-4-2-11)15-5-9-7-17-8-10(9)6-15;1-2;/h9-11,13H,1-8H2,(H,14,16);1-2H3;1H. The van der Waals surface area contributed by atoms with Crippen molar-refractivity contribution < 1.29 is 11.0 Å². The zero-order valence-corrected chi connectivity index (χ0v) is 12.2. The number of piperidine rings is 1. The van der Waals surface area contributed by atoms with Crippen LogP contribution < -0.4 is 10.6 Å². The van der Waals surface area contributed by atoms with E-state index in [1.807, 2.05) is 18.7 Å². The van der Waals surface area contributed by atoms with Gasteiger partial charge in [-0.3, -0.25) is 0 Å². The van der Waals surface area contributed by atoms with E-state index in [9.17, 15) is 4.79 Å². The summed E-state index contributed by atoms with van der Waals surface area (Å²) in [4.78, 5) is 14.1. The van der Waals surface area contributed by atoms with Gasteiger partial charge in [0.25, 0.3) is 0 Å². The maximum absolute atomic E-state index is 12.1. The molecule has 3 aliphatic heterocycles. The molecular weight excluding hydrogens is 242 g/mol. The lowest BCUT2D eigenvalue weighted by Crippen LogP contribution is -2.48. The van der Waals surface area contributed by atoms with Gasteiger partial charge in [0, 0.05) is 32.4 Å². The van der Waals surface area contributed by atoms with E-state index >= 15 is 0 Å². The Morgan fingerprint density at radius 3 is 2.37 bits per heavy atom. The second-order valence-electron chi connectivity index (χ2n) is 5.44. The van der Waals surface area contributed by atoms with Gasteiger partial charge in [0.2, 0.25) is 0 Å². The van der Waals surface area contributed by atoms with Crippen molar-refractivity contribution in [2.45, 2.75) is 32.7 Å². The van der Waals surface area contributed by atoms with Crippen molar-refractivity contribution in [1.82, 2.24) is 15.5 Å². The smallest absolute Gasteiger partial charge is 0.317 e. The van der Waals surface area contributed by atoms with Gasteiger partial charge >= 0.3 is 6.03 Å². The number of carbonyl (C=O) groups is 1. The lowest BCUT2D eigenvalue weighted by Gasteiger charge is -2.26. The molecule has 0 radical (unpaired) electrons. The molecule has 112 valence electrons. The van der Waals surface area contributed by atoms with Gasteiger partial charge in [0.1, 0.15) is 0 Å². The Kier molecular flexibility index (Phi) is 5.45. The fourth-order valence-corrected chi connectivity index (χ4v) is 3.09. The van der Waals surface area contributed by atoms with Crippen LogP contribution in [0.2, 0.25) is 0 Å². The van der Waals surface area contributed by atoms with Crippen molar-refractivity contribution in [3.05, 3.63) is 0 Å². The van der Waals surface area contributed by atoms with Crippen molar-refractivity contribution in [1.29, 1.82) is 0 Å². The van der Waals surface area contributed by atoms with Crippen molar-refractivity contribution in [3.63, 3.8) is 0 Å². The van der Waals surface area contributed by atoms with Crippen LogP contribution in [0.25, 0.3) is 0 Å². The molecule has 2 atom stereocenters. The third-order valence-electron chi connectivity index (χ3n) is 4.19. The Labute approximate surface area is 117 Å². The van der Waals surface area contributed by atoms with Gasteiger partial charge in [0.15, 0.2) is 0 Å². The van der Waals surface area contributed by atoms with Crippen LogP contribution in [0.1, 0.15) is 28.1 Å². The van der Waals surface area contributed by atoms with Crippen LogP contribution in [0.15, 0.2) is 0 Å². The number of amides is 2. The summed E-state index contributed by atoms with van der Waals surface area (Å²) in [5, 5.41) is 6.46. The SMILES string of the molecule is CC.O=C(NC1CCNCC1)N1CC2COCC2C1.[HH]. The maximum atomic E-state index is 12.1. The molecule has 0 aliphatic carbocycles. The molecular formula is C14H29N3O2. The number of urea groups is 1. The molecule has 3 fully saturated rings. The van der Waals surface area contributed by atoms with Crippen LogP contribution in [-0.2, 0) is 4.74 Å². The second kappa shape index (κ2) is 7.10. The van der Waals surface area contributed by atoms with Gasteiger partial charge in [-0.15, -0.1) is 0 Å². The number of ether oxygens (including phenoxy) is 1. The van der Waals surface area contributed by atoms with Crippen molar-refractivity contribution in [2.24, 2.45) is 11.8 Å². The summed E-state index contributed by atoms with van der Waals surface area (Å²) in [5.41, 5.74) is 0. The Bertz CT molecular complexity index is 286. The lowest BCUT2D eigenvalue weighted by atomic mass is 10.0. The van der Waals surface area contributed by atoms with Gasteiger partial charge in [-0.2, -0.15) is 0 Å². The largest absolute Gasteiger partial charge is 0.381 e. The fraction of sp³-hybridized carbons (Fsp3) is 0.929. The molecule has 0 aromatic heterocycles. The summed E-state index contributed by atoms with van der Waals surface area (Å²) in [6.45, 7) is 9.46.